The highest BCUT2D eigenvalue weighted by molar-refractivity contribution is 6.32. The predicted octanol–water partition coefficient (Wildman–Crippen LogP) is 5.99. The van der Waals surface area contributed by atoms with Gasteiger partial charge in [-0.15, -0.1) is 0 Å². The van der Waals surface area contributed by atoms with Crippen LogP contribution in [0, 0.1) is 17.7 Å². The van der Waals surface area contributed by atoms with Crippen molar-refractivity contribution in [2.45, 2.75) is 19.9 Å². The van der Waals surface area contributed by atoms with E-state index in [0.717, 1.165) is 0 Å². The summed E-state index contributed by atoms with van der Waals surface area (Å²) >= 11 is 18.1. The van der Waals surface area contributed by atoms with Gasteiger partial charge in [0.15, 0.2) is 17.3 Å². The second-order valence-corrected chi connectivity index (χ2v) is 7.25. The van der Waals surface area contributed by atoms with Gasteiger partial charge in [-0.05, 0) is 24.3 Å². The maximum Gasteiger partial charge on any atom is 0.273 e. The van der Waals surface area contributed by atoms with E-state index in [4.69, 9.17) is 39.5 Å². The largest absolute Gasteiger partial charge is 0.453 e. The molecular weight excluding hydrogens is 452 g/mol. The third-order valence-corrected chi connectivity index (χ3v) is 4.68. The number of amides is 1. The van der Waals surface area contributed by atoms with Gasteiger partial charge in [-0.25, -0.2) is 9.37 Å². The molecule has 0 radical (unpaired) electrons. The summed E-state index contributed by atoms with van der Waals surface area (Å²) in [6, 6.07) is 7.78. The van der Waals surface area contributed by atoms with Crippen molar-refractivity contribution >= 4 is 40.7 Å². The number of hydrogen-bond donors (Lipinski definition) is 2. The maximum atomic E-state index is 15.0. The van der Waals surface area contributed by atoms with Crippen molar-refractivity contribution in [2.24, 2.45) is 0 Å². The van der Waals surface area contributed by atoms with E-state index < -0.39 is 11.7 Å². The van der Waals surface area contributed by atoms with Crippen LogP contribution >= 0.6 is 34.8 Å². The van der Waals surface area contributed by atoms with Crippen LogP contribution in [-0.2, 0) is 6.54 Å². The number of aromatic amines is 1. The Kier molecular flexibility index (Phi) is 7.22. The molecule has 0 saturated heterocycles. The van der Waals surface area contributed by atoms with E-state index in [2.05, 4.69) is 27.1 Å². The number of aromatic nitrogens is 2. The standard InChI is InChI=1S/C21H15Cl3FN3O2/c1-2-3-4-12-7-14(22)9-15(8-12)30-19-16(23)6-5-13(17(19)25)10-26-21(29)18-20(24)28-11-27-18/h5-9,11H,2,10H2,1H3,(H,26,29)(H,27,28). The zero-order chi connectivity index (χ0) is 21.7. The monoisotopic (exact) mass is 465 g/mol. The molecule has 0 fully saturated rings. The lowest BCUT2D eigenvalue weighted by Crippen LogP contribution is -2.24. The van der Waals surface area contributed by atoms with E-state index in [-0.39, 0.29) is 39.5 Å². The molecule has 1 heterocycles. The molecule has 2 aromatic carbocycles. The number of carbonyl (C=O) groups excluding carboxylic acids is 1. The summed E-state index contributed by atoms with van der Waals surface area (Å²) < 4.78 is 20.7. The van der Waals surface area contributed by atoms with Gasteiger partial charge in [-0.1, -0.05) is 59.6 Å². The van der Waals surface area contributed by atoms with E-state index in [1.54, 1.807) is 12.1 Å². The normalized spacial score (nSPS) is 10.3. The van der Waals surface area contributed by atoms with E-state index in [0.29, 0.717) is 17.0 Å². The molecule has 1 aromatic heterocycles. The third kappa shape index (κ3) is 5.25. The highest BCUT2D eigenvalue weighted by atomic mass is 35.5. The van der Waals surface area contributed by atoms with Crippen LogP contribution < -0.4 is 10.1 Å². The molecule has 0 saturated carbocycles. The minimum absolute atomic E-state index is 0.0159. The van der Waals surface area contributed by atoms with Crippen molar-refractivity contribution in [3.05, 3.63) is 74.5 Å². The second kappa shape index (κ2) is 9.86. The second-order valence-electron chi connectivity index (χ2n) is 6.03. The first kappa shape index (κ1) is 22.0. The molecule has 2 N–H and O–H groups in total. The number of rotatable bonds is 5. The van der Waals surface area contributed by atoms with Gasteiger partial charge in [-0.3, -0.25) is 4.79 Å². The molecule has 0 atom stereocenters. The Hall–Kier alpha value is -2.72. The van der Waals surface area contributed by atoms with Gasteiger partial charge in [0.25, 0.3) is 5.91 Å². The lowest BCUT2D eigenvalue weighted by molar-refractivity contribution is 0.0946. The van der Waals surface area contributed by atoms with Crippen molar-refractivity contribution in [3.8, 4) is 23.3 Å². The van der Waals surface area contributed by atoms with Crippen LogP contribution in [0.5, 0.6) is 11.5 Å². The van der Waals surface area contributed by atoms with Crippen LogP contribution in [0.3, 0.4) is 0 Å². The lowest BCUT2D eigenvalue weighted by Gasteiger charge is -2.13. The molecule has 9 heteroatoms. The fourth-order valence-electron chi connectivity index (χ4n) is 2.50. The summed E-state index contributed by atoms with van der Waals surface area (Å²) in [6.07, 6.45) is 1.97. The fourth-order valence-corrected chi connectivity index (χ4v) is 3.09. The minimum Gasteiger partial charge on any atom is -0.453 e. The van der Waals surface area contributed by atoms with Gasteiger partial charge < -0.3 is 15.0 Å². The van der Waals surface area contributed by atoms with E-state index in [1.165, 1.54) is 24.5 Å². The van der Waals surface area contributed by atoms with Gasteiger partial charge >= 0.3 is 0 Å². The van der Waals surface area contributed by atoms with Crippen LogP contribution in [0.4, 0.5) is 4.39 Å². The Morgan fingerprint density at radius 1 is 1.27 bits per heavy atom. The number of carbonyl (C=O) groups is 1. The molecular formula is C21H15Cl3FN3O2. The van der Waals surface area contributed by atoms with Gasteiger partial charge in [0.2, 0.25) is 0 Å². The molecule has 154 valence electrons. The molecule has 1 amide bonds. The van der Waals surface area contributed by atoms with Crippen LogP contribution in [0.15, 0.2) is 36.7 Å². The lowest BCUT2D eigenvalue weighted by atomic mass is 10.2. The Bertz CT molecular complexity index is 1150. The van der Waals surface area contributed by atoms with E-state index in [9.17, 15) is 4.79 Å². The minimum atomic E-state index is -0.711. The summed E-state index contributed by atoms with van der Waals surface area (Å²) in [4.78, 5) is 18.5. The van der Waals surface area contributed by atoms with E-state index >= 15 is 4.39 Å². The Balaban J connectivity index is 1.82. The number of benzene rings is 2. The van der Waals surface area contributed by atoms with Crippen LogP contribution in [-0.4, -0.2) is 15.9 Å². The van der Waals surface area contributed by atoms with Gasteiger partial charge in [0, 0.05) is 29.1 Å². The van der Waals surface area contributed by atoms with Crippen molar-refractivity contribution in [1.29, 1.82) is 0 Å². The number of nitrogens with one attached hydrogen (secondary N) is 2. The predicted molar refractivity (Wildman–Crippen MR) is 115 cm³/mol. The number of nitrogens with zero attached hydrogens (tertiary/aromatic N) is 1. The Labute approximate surface area is 187 Å². The number of imidazole rings is 1. The zero-order valence-corrected chi connectivity index (χ0v) is 17.9. The molecule has 0 aliphatic rings. The van der Waals surface area contributed by atoms with Crippen LogP contribution in [0.2, 0.25) is 15.2 Å². The Morgan fingerprint density at radius 3 is 2.77 bits per heavy atom. The summed E-state index contributed by atoms with van der Waals surface area (Å²) in [5.74, 6) is 4.72. The van der Waals surface area contributed by atoms with Crippen molar-refractivity contribution in [1.82, 2.24) is 15.3 Å². The van der Waals surface area contributed by atoms with Crippen molar-refractivity contribution in [3.63, 3.8) is 0 Å². The number of hydrogen-bond acceptors (Lipinski definition) is 3. The van der Waals surface area contributed by atoms with Gasteiger partial charge in [0.05, 0.1) is 11.3 Å². The highest BCUT2D eigenvalue weighted by Crippen LogP contribution is 2.35. The average Bonchev–Trinajstić information content (AvgIpc) is 3.14. The summed E-state index contributed by atoms with van der Waals surface area (Å²) in [7, 11) is 0. The molecule has 0 aliphatic heterocycles. The third-order valence-electron chi connectivity index (χ3n) is 3.88. The molecule has 0 bridgehead atoms. The SMILES string of the molecule is CCC#Cc1cc(Cl)cc(Oc2c(Cl)ccc(CNC(=O)c3nc[nH]c3Cl)c2F)c1. The van der Waals surface area contributed by atoms with Crippen LogP contribution in [0.25, 0.3) is 0 Å². The quantitative estimate of drug-likeness (QED) is 0.454. The first-order chi connectivity index (χ1) is 14.4. The maximum absolute atomic E-state index is 15.0. The molecule has 30 heavy (non-hydrogen) atoms. The van der Waals surface area contributed by atoms with Crippen molar-refractivity contribution in [2.75, 3.05) is 0 Å². The zero-order valence-electron chi connectivity index (χ0n) is 15.7. The number of ether oxygens (including phenoxy) is 1. The van der Waals surface area contributed by atoms with Gasteiger partial charge in [0.1, 0.15) is 10.9 Å². The van der Waals surface area contributed by atoms with Crippen LogP contribution in [0.1, 0.15) is 35.0 Å². The molecule has 0 aliphatic carbocycles. The van der Waals surface area contributed by atoms with Gasteiger partial charge in [-0.2, -0.15) is 0 Å². The first-order valence-electron chi connectivity index (χ1n) is 8.80. The summed E-state index contributed by atoms with van der Waals surface area (Å²) in [6.45, 7) is 1.80. The van der Waals surface area contributed by atoms with E-state index in [1.807, 2.05) is 6.92 Å². The molecule has 3 aromatic rings. The fraction of sp³-hybridized carbons (Fsp3) is 0.143. The molecule has 0 unspecified atom stereocenters. The summed E-state index contributed by atoms with van der Waals surface area (Å²) in [5, 5.41) is 3.11. The number of halogens is 4. The first-order valence-corrected chi connectivity index (χ1v) is 9.93. The highest BCUT2D eigenvalue weighted by Gasteiger charge is 2.18. The van der Waals surface area contributed by atoms with Crippen molar-refractivity contribution < 1.29 is 13.9 Å². The number of H-pyrrole nitrogens is 1. The average molecular weight is 467 g/mol. The Morgan fingerprint density at radius 2 is 2.07 bits per heavy atom. The topological polar surface area (TPSA) is 67.0 Å². The molecule has 5 nitrogen and oxygen atoms in total. The molecule has 0 spiro atoms. The molecule has 3 rings (SSSR count). The summed E-state index contributed by atoms with van der Waals surface area (Å²) in [5.41, 5.74) is 0.819. The smallest absolute Gasteiger partial charge is 0.273 e.